The topological polar surface area (TPSA) is 69.8 Å². The first-order valence-electron chi connectivity index (χ1n) is 7.18. The van der Waals surface area contributed by atoms with Crippen LogP contribution in [0.15, 0.2) is 22.6 Å². The van der Waals surface area contributed by atoms with Gasteiger partial charge in [0.05, 0.1) is 6.42 Å². The standard InChI is InChI=1S/C15H19N3O3/c1-11-2-3-13-12(10-11)16-15(21-13)18-8-6-17(7-9-18)5-4-14(19)20/h2-3,10H,4-9H2,1H3,(H,19,20). The van der Waals surface area contributed by atoms with Crippen molar-refractivity contribution >= 4 is 23.1 Å². The molecule has 1 saturated heterocycles. The van der Waals surface area contributed by atoms with Crippen LogP contribution in [0.5, 0.6) is 0 Å². The van der Waals surface area contributed by atoms with E-state index in [1.807, 2.05) is 25.1 Å². The molecule has 1 aromatic heterocycles. The quantitative estimate of drug-likeness (QED) is 0.924. The third kappa shape index (κ3) is 3.16. The molecule has 1 aliphatic rings. The lowest BCUT2D eigenvalue weighted by Gasteiger charge is -2.33. The molecule has 0 unspecified atom stereocenters. The third-order valence-corrected chi connectivity index (χ3v) is 3.82. The molecule has 0 spiro atoms. The van der Waals surface area contributed by atoms with Crippen molar-refractivity contribution in [3.05, 3.63) is 23.8 Å². The number of carboxylic acid groups (broad SMARTS) is 1. The Morgan fingerprint density at radius 2 is 2.10 bits per heavy atom. The van der Waals surface area contributed by atoms with Gasteiger partial charge in [-0.2, -0.15) is 4.98 Å². The fraction of sp³-hybridized carbons (Fsp3) is 0.467. The summed E-state index contributed by atoms with van der Waals surface area (Å²) in [6.45, 7) is 5.94. The lowest BCUT2D eigenvalue weighted by atomic mass is 10.2. The lowest BCUT2D eigenvalue weighted by Crippen LogP contribution is -2.47. The number of hydrogen-bond acceptors (Lipinski definition) is 5. The molecular weight excluding hydrogens is 270 g/mol. The number of anilines is 1. The summed E-state index contributed by atoms with van der Waals surface area (Å²) in [4.78, 5) is 19.4. The molecule has 0 radical (unpaired) electrons. The smallest absolute Gasteiger partial charge is 0.304 e. The number of piperazine rings is 1. The molecule has 1 N–H and O–H groups in total. The number of aryl methyl sites for hydroxylation is 1. The summed E-state index contributed by atoms with van der Waals surface area (Å²) >= 11 is 0. The highest BCUT2D eigenvalue weighted by Gasteiger charge is 2.21. The average molecular weight is 289 g/mol. The van der Waals surface area contributed by atoms with E-state index in [0.29, 0.717) is 12.6 Å². The fourth-order valence-electron chi connectivity index (χ4n) is 2.58. The van der Waals surface area contributed by atoms with Crippen molar-refractivity contribution in [2.75, 3.05) is 37.6 Å². The van der Waals surface area contributed by atoms with Crippen molar-refractivity contribution in [2.24, 2.45) is 0 Å². The van der Waals surface area contributed by atoms with Crippen LogP contribution < -0.4 is 4.90 Å². The number of carboxylic acids is 1. The molecule has 0 atom stereocenters. The molecule has 6 nitrogen and oxygen atoms in total. The van der Waals surface area contributed by atoms with Crippen LogP contribution in [0.1, 0.15) is 12.0 Å². The molecule has 2 aromatic rings. The van der Waals surface area contributed by atoms with Crippen LogP contribution in [0.4, 0.5) is 6.01 Å². The summed E-state index contributed by atoms with van der Waals surface area (Å²) in [7, 11) is 0. The van der Waals surface area contributed by atoms with Gasteiger partial charge in [0.1, 0.15) is 5.52 Å². The summed E-state index contributed by atoms with van der Waals surface area (Å²) in [5.74, 6) is -0.744. The van der Waals surface area contributed by atoms with Gasteiger partial charge in [-0.25, -0.2) is 0 Å². The molecule has 3 rings (SSSR count). The second kappa shape index (κ2) is 5.73. The second-order valence-electron chi connectivity index (χ2n) is 5.44. The van der Waals surface area contributed by atoms with Gasteiger partial charge in [-0.05, 0) is 24.6 Å². The number of nitrogens with zero attached hydrogens (tertiary/aromatic N) is 3. The molecule has 1 fully saturated rings. The van der Waals surface area contributed by atoms with Crippen molar-refractivity contribution in [3.63, 3.8) is 0 Å². The number of oxazole rings is 1. The highest BCUT2D eigenvalue weighted by atomic mass is 16.4. The van der Waals surface area contributed by atoms with Gasteiger partial charge in [0, 0.05) is 32.7 Å². The van der Waals surface area contributed by atoms with Crippen LogP contribution in [0.2, 0.25) is 0 Å². The Morgan fingerprint density at radius 1 is 1.33 bits per heavy atom. The molecule has 0 bridgehead atoms. The molecule has 0 aliphatic carbocycles. The maximum Gasteiger partial charge on any atom is 0.304 e. The number of aromatic nitrogens is 1. The van der Waals surface area contributed by atoms with Gasteiger partial charge < -0.3 is 14.4 Å². The minimum Gasteiger partial charge on any atom is -0.481 e. The minimum atomic E-state index is -0.744. The van der Waals surface area contributed by atoms with E-state index in [2.05, 4.69) is 14.8 Å². The summed E-state index contributed by atoms with van der Waals surface area (Å²) in [6.07, 6.45) is 0.197. The van der Waals surface area contributed by atoms with E-state index >= 15 is 0 Å². The molecule has 112 valence electrons. The van der Waals surface area contributed by atoms with E-state index in [1.165, 1.54) is 5.56 Å². The molecule has 21 heavy (non-hydrogen) atoms. The normalized spacial score (nSPS) is 16.5. The number of fused-ring (bicyclic) bond motifs is 1. The van der Waals surface area contributed by atoms with Gasteiger partial charge in [0.25, 0.3) is 6.01 Å². The van der Waals surface area contributed by atoms with Gasteiger partial charge >= 0.3 is 5.97 Å². The Balaban J connectivity index is 1.64. The number of carbonyl (C=O) groups is 1. The second-order valence-corrected chi connectivity index (χ2v) is 5.44. The SMILES string of the molecule is Cc1ccc2oc(N3CCN(CCC(=O)O)CC3)nc2c1. The zero-order valence-corrected chi connectivity index (χ0v) is 12.1. The Hall–Kier alpha value is -2.08. The van der Waals surface area contributed by atoms with Crippen molar-refractivity contribution in [3.8, 4) is 0 Å². The summed E-state index contributed by atoms with van der Waals surface area (Å²) in [6, 6.07) is 6.64. The molecule has 2 heterocycles. The molecule has 6 heteroatoms. The van der Waals surface area contributed by atoms with E-state index < -0.39 is 5.97 Å². The van der Waals surface area contributed by atoms with E-state index in [4.69, 9.17) is 9.52 Å². The van der Waals surface area contributed by atoms with Gasteiger partial charge in [-0.3, -0.25) is 9.69 Å². The monoisotopic (exact) mass is 289 g/mol. The maximum absolute atomic E-state index is 10.6. The summed E-state index contributed by atoms with van der Waals surface area (Å²) < 4.78 is 5.80. The Bertz CT molecular complexity index is 645. The van der Waals surface area contributed by atoms with Gasteiger partial charge in [0.2, 0.25) is 0 Å². The van der Waals surface area contributed by atoms with Crippen LogP contribution in [-0.2, 0) is 4.79 Å². The van der Waals surface area contributed by atoms with Crippen LogP contribution in [0, 0.1) is 6.92 Å². The van der Waals surface area contributed by atoms with Crippen LogP contribution in [-0.4, -0.2) is 53.7 Å². The van der Waals surface area contributed by atoms with Gasteiger partial charge in [-0.1, -0.05) is 6.07 Å². The highest BCUT2D eigenvalue weighted by molar-refractivity contribution is 5.75. The molecule has 0 amide bonds. The number of aliphatic carboxylic acids is 1. The predicted molar refractivity (Wildman–Crippen MR) is 79.7 cm³/mol. The molecule has 1 aromatic carbocycles. The van der Waals surface area contributed by atoms with Crippen molar-refractivity contribution in [1.82, 2.24) is 9.88 Å². The van der Waals surface area contributed by atoms with Crippen LogP contribution >= 0.6 is 0 Å². The van der Waals surface area contributed by atoms with Gasteiger partial charge in [0.15, 0.2) is 5.58 Å². The lowest BCUT2D eigenvalue weighted by molar-refractivity contribution is -0.137. The number of hydrogen-bond donors (Lipinski definition) is 1. The highest BCUT2D eigenvalue weighted by Crippen LogP contribution is 2.23. The van der Waals surface area contributed by atoms with E-state index in [0.717, 1.165) is 37.3 Å². The molecular formula is C15H19N3O3. The largest absolute Gasteiger partial charge is 0.481 e. The Morgan fingerprint density at radius 3 is 2.81 bits per heavy atom. The summed E-state index contributed by atoms with van der Waals surface area (Å²) in [5, 5.41) is 8.72. The first kappa shape index (κ1) is 13.9. The first-order chi connectivity index (χ1) is 10.1. The molecule has 0 saturated carbocycles. The Kier molecular flexibility index (Phi) is 3.79. The number of rotatable bonds is 4. The van der Waals surface area contributed by atoms with E-state index in [1.54, 1.807) is 0 Å². The minimum absolute atomic E-state index is 0.197. The van der Waals surface area contributed by atoms with Crippen molar-refractivity contribution < 1.29 is 14.3 Å². The van der Waals surface area contributed by atoms with E-state index in [-0.39, 0.29) is 6.42 Å². The van der Waals surface area contributed by atoms with Gasteiger partial charge in [-0.15, -0.1) is 0 Å². The predicted octanol–water partition coefficient (Wildman–Crippen LogP) is 1.73. The third-order valence-electron chi connectivity index (χ3n) is 3.82. The Labute approximate surface area is 123 Å². The summed E-state index contributed by atoms with van der Waals surface area (Å²) in [5.41, 5.74) is 2.86. The van der Waals surface area contributed by atoms with E-state index in [9.17, 15) is 4.79 Å². The molecule has 1 aliphatic heterocycles. The zero-order chi connectivity index (χ0) is 14.8. The van der Waals surface area contributed by atoms with Crippen LogP contribution in [0.3, 0.4) is 0 Å². The van der Waals surface area contributed by atoms with Crippen molar-refractivity contribution in [2.45, 2.75) is 13.3 Å². The number of benzene rings is 1. The zero-order valence-electron chi connectivity index (χ0n) is 12.1. The fourth-order valence-corrected chi connectivity index (χ4v) is 2.58. The average Bonchev–Trinajstić information content (AvgIpc) is 2.88. The maximum atomic E-state index is 10.6. The van der Waals surface area contributed by atoms with Crippen LogP contribution in [0.25, 0.3) is 11.1 Å². The first-order valence-corrected chi connectivity index (χ1v) is 7.18. The van der Waals surface area contributed by atoms with Crippen molar-refractivity contribution in [1.29, 1.82) is 0 Å².